The number of nitrogens with zero attached hydrogens (tertiary/aromatic N) is 2. The van der Waals surface area contributed by atoms with E-state index >= 15 is 0 Å². The first-order valence-corrected chi connectivity index (χ1v) is 8.20. The number of rotatable bonds is 0. The Morgan fingerprint density at radius 1 is 1.09 bits per heavy atom. The van der Waals surface area contributed by atoms with E-state index in [0.717, 1.165) is 42.5 Å². The number of hydrogen-bond acceptors (Lipinski definition) is 1. The van der Waals surface area contributed by atoms with Gasteiger partial charge in [0.1, 0.15) is 0 Å². The average Bonchev–Trinajstić information content (AvgIpc) is 2.87. The zero-order valence-electron chi connectivity index (χ0n) is 12.6. The molecule has 2 nitrogen and oxygen atoms in total. The number of aromatic nitrogens is 1. The predicted octanol–water partition coefficient (Wildman–Crippen LogP) is 4.37. The highest BCUT2D eigenvalue weighted by Crippen LogP contribution is 2.52. The molecule has 0 aliphatic carbocycles. The Kier molecular flexibility index (Phi) is 2.62. The van der Waals surface area contributed by atoms with E-state index in [2.05, 4.69) is 4.90 Å². The fourth-order valence-corrected chi connectivity index (χ4v) is 4.85. The van der Waals surface area contributed by atoms with Gasteiger partial charge in [0, 0.05) is 29.7 Å². The quantitative estimate of drug-likeness (QED) is 0.700. The summed E-state index contributed by atoms with van der Waals surface area (Å²) in [7, 11) is 0. The normalized spacial score (nSPS) is 27.0. The van der Waals surface area contributed by atoms with Crippen LogP contribution in [0.1, 0.15) is 30.1 Å². The maximum absolute atomic E-state index is 13.7. The van der Waals surface area contributed by atoms with Crippen molar-refractivity contribution in [1.29, 1.82) is 0 Å². The molecule has 0 unspecified atom stereocenters. The minimum Gasteiger partial charge on any atom is -0.318 e. The van der Waals surface area contributed by atoms with Crippen LogP contribution in [0.5, 0.6) is 0 Å². The van der Waals surface area contributed by atoms with E-state index in [1.54, 1.807) is 0 Å². The summed E-state index contributed by atoms with van der Waals surface area (Å²) in [6, 6.07) is 7.75. The Morgan fingerprint density at radius 3 is 2.74 bits per heavy atom. The zero-order chi connectivity index (χ0) is 15.8. The summed E-state index contributed by atoms with van der Waals surface area (Å²) >= 11 is 0. The lowest BCUT2D eigenvalue weighted by Crippen LogP contribution is -2.47. The van der Waals surface area contributed by atoms with Gasteiger partial charge >= 0.3 is 6.18 Å². The monoisotopic (exact) mass is 318 g/mol. The number of piperidine rings is 1. The molecule has 0 bridgehead atoms. The molecular formula is C18H17F3N2. The number of para-hydroxylation sites is 1. The first-order chi connectivity index (χ1) is 11.1. The predicted molar refractivity (Wildman–Crippen MR) is 83.0 cm³/mol. The molecule has 0 saturated carbocycles. The average molecular weight is 318 g/mol. The second-order valence-corrected chi connectivity index (χ2v) is 6.81. The van der Waals surface area contributed by atoms with E-state index in [9.17, 15) is 13.2 Å². The maximum Gasteiger partial charge on any atom is 0.414 e. The molecule has 120 valence electrons. The van der Waals surface area contributed by atoms with Crippen molar-refractivity contribution in [3.8, 4) is 0 Å². The maximum atomic E-state index is 13.7. The van der Waals surface area contributed by atoms with Crippen LogP contribution in [-0.4, -0.2) is 28.7 Å². The number of hydrogen-bond donors (Lipinski definition) is 0. The van der Waals surface area contributed by atoms with Gasteiger partial charge < -0.3 is 4.57 Å². The number of halogens is 3. The summed E-state index contributed by atoms with van der Waals surface area (Å²) in [6.07, 6.45) is -0.468. The molecule has 4 heterocycles. The van der Waals surface area contributed by atoms with Gasteiger partial charge in [0.15, 0.2) is 0 Å². The minimum atomic E-state index is -4.26. The van der Waals surface area contributed by atoms with Crippen LogP contribution >= 0.6 is 0 Å². The molecule has 0 spiro atoms. The Bertz CT molecular complexity index is 831. The molecule has 0 amide bonds. The zero-order valence-corrected chi connectivity index (χ0v) is 12.6. The van der Waals surface area contributed by atoms with Crippen LogP contribution < -0.4 is 0 Å². The van der Waals surface area contributed by atoms with E-state index in [-0.39, 0.29) is 11.6 Å². The SMILES string of the molecule is FC(F)(F)C1=Cn2c3c(c4ccccc42)CCN2CCC[C@H]1[C@H]32. The number of alkyl halides is 3. The van der Waals surface area contributed by atoms with Gasteiger partial charge in [-0.15, -0.1) is 0 Å². The van der Waals surface area contributed by atoms with Crippen molar-refractivity contribution in [2.24, 2.45) is 5.92 Å². The molecule has 1 saturated heterocycles. The summed E-state index contributed by atoms with van der Waals surface area (Å²) in [5, 5.41) is 1.12. The van der Waals surface area contributed by atoms with Crippen LogP contribution in [-0.2, 0) is 6.42 Å². The van der Waals surface area contributed by atoms with Gasteiger partial charge in [-0.2, -0.15) is 13.2 Å². The van der Waals surface area contributed by atoms with Gasteiger partial charge in [0.25, 0.3) is 0 Å². The summed E-state index contributed by atoms with van der Waals surface area (Å²) in [6.45, 7) is 1.78. The Morgan fingerprint density at radius 2 is 1.91 bits per heavy atom. The molecular weight excluding hydrogens is 301 g/mol. The lowest BCUT2D eigenvalue weighted by atomic mass is 9.77. The Hall–Kier alpha value is -1.75. The molecule has 1 aromatic carbocycles. The highest BCUT2D eigenvalue weighted by atomic mass is 19.4. The topological polar surface area (TPSA) is 8.17 Å². The molecule has 2 atom stereocenters. The fourth-order valence-electron chi connectivity index (χ4n) is 4.85. The van der Waals surface area contributed by atoms with Crippen molar-refractivity contribution in [1.82, 2.24) is 9.47 Å². The van der Waals surface area contributed by atoms with Crippen molar-refractivity contribution in [2.75, 3.05) is 13.1 Å². The van der Waals surface area contributed by atoms with Crippen molar-refractivity contribution in [3.63, 3.8) is 0 Å². The molecule has 5 heteroatoms. The van der Waals surface area contributed by atoms with Crippen LogP contribution in [0.3, 0.4) is 0 Å². The van der Waals surface area contributed by atoms with E-state index in [1.807, 2.05) is 28.8 Å². The van der Waals surface area contributed by atoms with E-state index in [0.29, 0.717) is 6.42 Å². The molecule has 3 aliphatic rings. The molecule has 1 aromatic heterocycles. The van der Waals surface area contributed by atoms with E-state index in [4.69, 9.17) is 0 Å². The van der Waals surface area contributed by atoms with E-state index < -0.39 is 12.1 Å². The summed E-state index contributed by atoms with van der Waals surface area (Å²) < 4.78 is 42.8. The minimum absolute atomic E-state index is 0.110. The Balaban J connectivity index is 1.86. The second-order valence-electron chi connectivity index (χ2n) is 6.81. The summed E-state index contributed by atoms with van der Waals surface area (Å²) in [5.74, 6) is -0.417. The van der Waals surface area contributed by atoms with Crippen molar-refractivity contribution >= 4 is 17.1 Å². The lowest BCUT2D eigenvalue weighted by Gasteiger charge is -2.47. The van der Waals surface area contributed by atoms with Gasteiger partial charge in [-0.05, 0) is 37.4 Å². The third-order valence-corrected chi connectivity index (χ3v) is 5.72. The Labute approximate surface area is 132 Å². The van der Waals surface area contributed by atoms with Crippen molar-refractivity contribution in [2.45, 2.75) is 31.5 Å². The van der Waals surface area contributed by atoms with Crippen LogP contribution in [0, 0.1) is 5.92 Å². The molecule has 5 rings (SSSR count). The molecule has 23 heavy (non-hydrogen) atoms. The highest BCUT2D eigenvalue weighted by molar-refractivity contribution is 5.88. The molecule has 2 aromatic rings. The first kappa shape index (κ1) is 13.7. The van der Waals surface area contributed by atoms with Gasteiger partial charge in [-0.25, -0.2) is 0 Å². The second kappa shape index (κ2) is 4.41. The van der Waals surface area contributed by atoms with Crippen molar-refractivity contribution < 1.29 is 13.2 Å². The van der Waals surface area contributed by atoms with Gasteiger partial charge in [0.05, 0.1) is 17.1 Å². The summed E-state index contributed by atoms with van der Waals surface area (Å²) in [5.41, 5.74) is 2.92. The third kappa shape index (κ3) is 1.74. The van der Waals surface area contributed by atoms with Crippen LogP contribution in [0.2, 0.25) is 0 Å². The number of benzene rings is 1. The van der Waals surface area contributed by atoms with Crippen LogP contribution in [0.4, 0.5) is 13.2 Å². The van der Waals surface area contributed by atoms with Gasteiger partial charge in [-0.1, -0.05) is 18.2 Å². The van der Waals surface area contributed by atoms with Gasteiger partial charge in [-0.3, -0.25) is 4.90 Å². The molecule has 1 fully saturated rings. The first-order valence-electron chi connectivity index (χ1n) is 8.20. The fraction of sp³-hybridized carbons (Fsp3) is 0.444. The molecule has 0 N–H and O–H groups in total. The largest absolute Gasteiger partial charge is 0.414 e. The van der Waals surface area contributed by atoms with Crippen molar-refractivity contribution in [3.05, 3.63) is 41.1 Å². The standard InChI is InChI=1S/C18H17F3N2/c19-18(20,21)14-10-23-15-6-2-1-4-11(15)12-7-9-22-8-3-5-13(14)16(22)17(12)23/h1-2,4,6,10,13,16H,3,5,7-9H2/t13-,16-/m1/s1. The molecule has 3 aliphatic heterocycles. The lowest BCUT2D eigenvalue weighted by molar-refractivity contribution is -0.106. The van der Waals surface area contributed by atoms with Gasteiger partial charge in [0.2, 0.25) is 0 Å². The van der Waals surface area contributed by atoms with E-state index in [1.165, 1.54) is 11.8 Å². The molecule has 0 radical (unpaired) electrons. The van der Waals surface area contributed by atoms with Crippen LogP contribution in [0.15, 0.2) is 29.8 Å². The number of fused-ring (bicyclic) bond motifs is 3. The summed E-state index contributed by atoms with van der Waals surface area (Å²) in [4.78, 5) is 2.27. The highest BCUT2D eigenvalue weighted by Gasteiger charge is 2.50. The third-order valence-electron chi connectivity index (χ3n) is 5.72. The smallest absolute Gasteiger partial charge is 0.318 e. The van der Waals surface area contributed by atoms with Crippen LogP contribution in [0.25, 0.3) is 17.1 Å².